The summed E-state index contributed by atoms with van der Waals surface area (Å²) in [5.74, 6) is 1.80. The highest BCUT2D eigenvalue weighted by Crippen LogP contribution is 2.34. The van der Waals surface area contributed by atoms with Crippen LogP contribution < -0.4 is 4.74 Å². The number of piperidine rings is 1. The first-order chi connectivity index (χ1) is 12.5. The minimum absolute atomic E-state index is 0.277. The molecule has 1 aliphatic heterocycles. The molecule has 26 heavy (non-hydrogen) atoms. The number of thiophene rings is 1. The Hall–Kier alpha value is -1.33. The van der Waals surface area contributed by atoms with Crippen LogP contribution in [0.2, 0.25) is 0 Å². The van der Waals surface area contributed by atoms with Crippen LogP contribution in [-0.4, -0.2) is 23.9 Å². The highest BCUT2D eigenvalue weighted by atomic mass is 79.9. The van der Waals surface area contributed by atoms with Crippen molar-refractivity contribution in [3.05, 3.63) is 49.6 Å². The van der Waals surface area contributed by atoms with Crippen molar-refractivity contribution in [1.29, 1.82) is 0 Å². The molecule has 3 nitrogen and oxygen atoms in total. The van der Waals surface area contributed by atoms with E-state index in [0.29, 0.717) is 18.9 Å². The third-order valence-electron chi connectivity index (χ3n) is 5.17. The summed E-state index contributed by atoms with van der Waals surface area (Å²) in [5.41, 5.74) is 4.95. The van der Waals surface area contributed by atoms with Crippen molar-refractivity contribution >= 4 is 33.2 Å². The summed E-state index contributed by atoms with van der Waals surface area (Å²) in [5, 5.41) is 2.07. The third-order valence-corrected chi connectivity index (χ3v) is 6.98. The number of rotatable bonds is 5. The van der Waals surface area contributed by atoms with Gasteiger partial charge in [-0.05, 0) is 76.7 Å². The Bertz CT molecular complexity index is 755. The number of ether oxygens (including phenoxy) is 1. The number of carbonyl (C=O) groups is 1. The first-order valence-electron chi connectivity index (χ1n) is 9.23. The zero-order chi connectivity index (χ0) is 18.7. The lowest BCUT2D eigenvalue weighted by Crippen LogP contribution is -2.37. The molecule has 1 fully saturated rings. The second-order valence-electron chi connectivity index (χ2n) is 7.00. The van der Waals surface area contributed by atoms with Crippen molar-refractivity contribution in [1.82, 2.24) is 4.90 Å². The number of amides is 1. The third kappa shape index (κ3) is 4.32. The van der Waals surface area contributed by atoms with Gasteiger partial charge in [0.15, 0.2) is 0 Å². The van der Waals surface area contributed by atoms with Crippen LogP contribution in [0.15, 0.2) is 27.4 Å². The Kier molecular flexibility index (Phi) is 6.41. The van der Waals surface area contributed by atoms with E-state index >= 15 is 0 Å². The fraction of sp³-hybridized carbons (Fsp3) is 0.476. The minimum Gasteiger partial charge on any atom is -0.488 e. The molecule has 5 heteroatoms. The molecule has 0 unspecified atom stereocenters. The molecular weight excluding hydrogens is 410 g/mol. The highest BCUT2D eigenvalue weighted by Gasteiger charge is 2.24. The van der Waals surface area contributed by atoms with Gasteiger partial charge in [-0.3, -0.25) is 4.79 Å². The largest absolute Gasteiger partial charge is 0.488 e. The summed E-state index contributed by atoms with van der Waals surface area (Å²) in [7, 11) is 0. The number of carbonyl (C=O) groups excluding carboxylic acids is 1. The van der Waals surface area contributed by atoms with Crippen molar-refractivity contribution < 1.29 is 9.53 Å². The Morgan fingerprint density at radius 1 is 1.27 bits per heavy atom. The second-order valence-corrected chi connectivity index (χ2v) is 9.23. The van der Waals surface area contributed by atoms with Gasteiger partial charge in [0.2, 0.25) is 5.91 Å². The maximum absolute atomic E-state index is 11.9. The molecule has 1 aliphatic rings. The summed E-state index contributed by atoms with van der Waals surface area (Å²) in [4.78, 5) is 13.9. The standard InChI is InChI=1S/C21H26BrNO2S/c1-4-19(24)23-8-5-16(6-9-23)18-11-14(2)20(15(3)12-18)25-13-17-7-10-26-21(17)22/h7,10-12,16H,4-6,8-9,13H2,1-3H3. The van der Waals surface area contributed by atoms with Gasteiger partial charge in [-0.25, -0.2) is 0 Å². The molecular formula is C21H26BrNO2S. The lowest BCUT2D eigenvalue weighted by Gasteiger charge is -2.32. The lowest BCUT2D eigenvalue weighted by atomic mass is 9.87. The first kappa shape index (κ1) is 19.4. The van der Waals surface area contributed by atoms with Crippen LogP contribution in [0, 0.1) is 13.8 Å². The van der Waals surface area contributed by atoms with E-state index in [9.17, 15) is 4.79 Å². The number of nitrogens with zero attached hydrogens (tertiary/aromatic N) is 1. The van der Waals surface area contributed by atoms with Gasteiger partial charge in [0, 0.05) is 25.1 Å². The maximum atomic E-state index is 11.9. The summed E-state index contributed by atoms with van der Waals surface area (Å²) >= 11 is 5.25. The van der Waals surface area contributed by atoms with Crippen LogP contribution in [0.5, 0.6) is 5.75 Å². The number of aryl methyl sites for hydroxylation is 2. The van der Waals surface area contributed by atoms with E-state index in [-0.39, 0.29) is 5.91 Å². The van der Waals surface area contributed by atoms with Crippen LogP contribution >= 0.6 is 27.3 Å². The Balaban J connectivity index is 1.67. The van der Waals surface area contributed by atoms with Gasteiger partial charge in [0.1, 0.15) is 12.4 Å². The quantitative estimate of drug-likeness (QED) is 0.591. The molecule has 0 N–H and O–H groups in total. The molecule has 1 aromatic heterocycles. The SMILES string of the molecule is CCC(=O)N1CCC(c2cc(C)c(OCc3ccsc3Br)c(C)c2)CC1. The smallest absolute Gasteiger partial charge is 0.222 e. The average Bonchev–Trinajstić information content (AvgIpc) is 3.05. The molecule has 0 saturated carbocycles. The van der Waals surface area contributed by atoms with Gasteiger partial charge in [0.05, 0.1) is 3.79 Å². The summed E-state index contributed by atoms with van der Waals surface area (Å²) in [6.45, 7) is 8.53. The topological polar surface area (TPSA) is 29.5 Å². The van der Waals surface area contributed by atoms with Crippen LogP contribution in [0.3, 0.4) is 0 Å². The number of benzene rings is 1. The Labute approximate surface area is 168 Å². The van der Waals surface area contributed by atoms with Crippen molar-refractivity contribution in [2.24, 2.45) is 0 Å². The van der Waals surface area contributed by atoms with Crippen molar-refractivity contribution in [2.45, 2.75) is 52.6 Å². The normalized spacial score (nSPS) is 15.3. The minimum atomic E-state index is 0.277. The summed E-state index contributed by atoms with van der Waals surface area (Å²) < 4.78 is 7.26. The number of hydrogen-bond acceptors (Lipinski definition) is 3. The van der Waals surface area contributed by atoms with Gasteiger partial charge in [0.25, 0.3) is 0 Å². The van der Waals surface area contributed by atoms with E-state index < -0.39 is 0 Å². The van der Waals surface area contributed by atoms with E-state index in [1.165, 1.54) is 22.3 Å². The molecule has 0 spiro atoms. The van der Waals surface area contributed by atoms with Crippen molar-refractivity contribution in [2.75, 3.05) is 13.1 Å². The molecule has 1 saturated heterocycles. The highest BCUT2D eigenvalue weighted by molar-refractivity contribution is 9.11. The predicted molar refractivity (Wildman–Crippen MR) is 111 cm³/mol. The molecule has 1 amide bonds. The maximum Gasteiger partial charge on any atom is 0.222 e. The fourth-order valence-electron chi connectivity index (χ4n) is 3.70. The fourth-order valence-corrected chi connectivity index (χ4v) is 4.91. The molecule has 1 aromatic carbocycles. The van der Waals surface area contributed by atoms with Crippen molar-refractivity contribution in [3.63, 3.8) is 0 Å². The zero-order valence-corrected chi connectivity index (χ0v) is 18.1. The first-order valence-corrected chi connectivity index (χ1v) is 10.9. The Morgan fingerprint density at radius 3 is 2.46 bits per heavy atom. The molecule has 0 radical (unpaired) electrons. The van der Waals surface area contributed by atoms with E-state index in [2.05, 4.69) is 53.4 Å². The number of likely N-dealkylation sites (tertiary alicyclic amines) is 1. The monoisotopic (exact) mass is 435 g/mol. The van der Waals surface area contributed by atoms with Gasteiger partial charge in [-0.2, -0.15) is 0 Å². The molecule has 2 heterocycles. The molecule has 2 aromatic rings. The van der Waals surface area contributed by atoms with Crippen LogP contribution in [0.4, 0.5) is 0 Å². The van der Waals surface area contributed by atoms with Gasteiger partial charge in [-0.1, -0.05) is 19.1 Å². The van der Waals surface area contributed by atoms with Gasteiger partial charge in [-0.15, -0.1) is 11.3 Å². The molecule has 0 aliphatic carbocycles. The van der Waals surface area contributed by atoms with E-state index in [1.807, 2.05) is 11.8 Å². The number of hydrogen-bond donors (Lipinski definition) is 0. The molecule has 140 valence electrons. The molecule has 0 bridgehead atoms. The van der Waals surface area contributed by atoms with Gasteiger partial charge < -0.3 is 9.64 Å². The Morgan fingerprint density at radius 2 is 1.92 bits per heavy atom. The van der Waals surface area contributed by atoms with E-state index in [0.717, 1.165) is 35.5 Å². The lowest BCUT2D eigenvalue weighted by molar-refractivity contribution is -0.131. The zero-order valence-electron chi connectivity index (χ0n) is 15.7. The van der Waals surface area contributed by atoms with E-state index in [4.69, 9.17) is 4.74 Å². The van der Waals surface area contributed by atoms with Crippen molar-refractivity contribution in [3.8, 4) is 5.75 Å². The predicted octanol–water partition coefficient (Wildman–Crippen LogP) is 5.82. The molecule has 0 atom stereocenters. The van der Waals surface area contributed by atoms with Crippen LogP contribution in [0.25, 0.3) is 0 Å². The van der Waals surface area contributed by atoms with Crippen LogP contribution in [0.1, 0.15) is 54.4 Å². The number of halogens is 1. The second kappa shape index (κ2) is 8.57. The average molecular weight is 436 g/mol. The molecule has 3 rings (SSSR count). The summed E-state index contributed by atoms with van der Waals surface area (Å²) in [6, 6.07) is 6.64. The summed E-state index contributed by atoms with van der Waals surface area (Å²) in [6.07, 6.45) is 2.70. The van der Waals surface area contributed by atoms with Crippen LogP contribution in [-0.2, 0) is 11.4 Å². The van der Waals surface area contributed by atoms with E-state index in [1.54, 1.807) is 11.3 Å². The van der Waals surface area contributed by atoms with Gasteiger partial charge >= 0.3 is 0 Å².